The van der Waals surface area contributed by atoms with Crippen LogP contribution in [0, 0.1) is 11.6 Å². The molecule has 142 valence electrons. The molecule has 1 amide bonds. The number of thiophene rings is 1. The number of aromatic carboxylic acids is 1. The highest BCUT2D eigenvalue weighted by Crippen LogP contribution is 2.43. The Morgan fingerprint density at radius 1 is 1.14 bits per heavy atom. The number of halogens is 2. The van der Waals surface area contributed by atoms with Gasteiger partial charge in [-0.25, -0.2) is 13.6 Å². The van der Waals surface area contributed by atoms with Gasteiger partial charge in [-0.05, 0) is 36.4 Å². The smallest absolute Gasteiger partial charge is 0.335 e. The number of rotatable bonds is 3. The van der Waals surface area contributed by atoms with Gasteiger partial charge in [0.1, 0.15) is 24.0 Å². The van der Waals surface area contributed by atoms with Gasteiger partial charge >= 0.3 is 5.97 Å². The van der Waals surface area contributed by atoms with Crippen LogP contribution < -0.4 is 9.64 Å². The SMILES string of the molecule is CN(C(=O)c1cc2c(s1)-c1cc(C(=O)O)ccc1OC2)c1ccc(F)cc1F. The van der Waals surface area contributed by atoms with E-state index in [-0.39, 0.29) is 17.9 Å². The van der Waals surface area contributed by atoms with Crippen molar-refractivity contribution in [2.45, 2.75) is 6.61 Å². The Morgan fingerprint density at radius 2 is 1.93 bits per heavy atom. The van der Waals surface area contributed by atoms with Crippen LogP contribution in [0.1, 0.15) is 25.6 Å². The van der Waals surface area contributed by atoms with Crippen molar-refractivity contribution >= 4 is 28.9 Å². The normalized spacial score (nSPS) is 12.0. The topological polar surface area (TPSA) is 66.8 Å². The number of carboxylic acid groups (broad SMARTS) is 1. The van der Waals surface area contributed by atoms with E-state index in [4.69, 9.17) is 4.74 Å². The van der Waals surface area contributed by atoms with Crippen LogP contribution in [0.2, 0.25) is 0 Å². The Labute approximate surface area is 162 Å². The molecule has 5 nitrogen and oxygen atoms in total. The molecule has 4 rings (SSSR count). The van der Waals surface area contributed by atoms with Crippen molar-refractivity contribution in [1.82, 2.24) is 0 Å². The minimum Gasteiger partial charge on any atom is -0.488 e. The summed E-state index contributed by atoms with van der Waals surface area (Å²) in [5.41, 5.74) is 1.42. The van der Waals surface area contributed by atoms with E-state index in [1.165, 1.54) is 36.6 Å². The molecular formula is C20H13F2NO4S. The average molecular weight is 401 g/mol. The van der Waals surface area contributed by atoms with Gasteiger partial charge in [-0.2, -0.15) is 0 Å². The number of ether oxygens (including phenoxy) is 1. The Balaban J connectivity index is 1.71. The lowest BCUT2D eigenvalue weighted by Crippen LogP contribution is -2.26. The Hall–Kier alpha value is -3.26. The lowest BCUT2D eigenvalue weighted by atomic mass is 10.0. The summed E-state index contributed by atoms with van der Waals surface area (Å²) >= 11 is 1.18. The minimum absolute atomic E-state index is 0.0393. The summed E-state index contributed by atoms with van der Waals surface area (Å²) in [6.07, 6.45) is 0. The zero-order chi connectivity index (χ0) is 20.0. The van der Waals surface area contributed by atoms with E-state index in [1.807, 2.05) is 0 Å². The molecule has 0 bridgehead atoms. The third kappa shape index (κ3) is 3.01. The quantitative estimate of drug-likeness (QED) is 0.699. The maximum absolute atomic E-state index is 14.0. The van der Waals surface area contributed by atoms with Crippen LogP contribution in [0.15, 0.2) is 42.5 Å². The van der Waals surface area contributed by atoms with E-state index in [0.29, 0.717) is 16.2 Å². The lowest BCUT2D eigenvalue weighted by Gasteiger charge is -2.17. The lowest BCUT2D eigenvalue weighted by molar-refractivity contribution is 0.0696. The maximum atomic E-state index is 14.0. The fraction of sp³-hybridized carbons (Fsp3) is 0.100. The fourth-order valence-electron chi connectivity index (χ4n) is 3.02. The molecular weight excluding hydrogens is 388 g/mol. The van der Waals surface area contributed by atoms with E-state index in [1.54, 1.807) is 12.1 Å². The van der Waals surface area contributed by atoms with Gasteiger partial charge in [0.05, 0.1) is 16.1 Å². The summed E-state index contributed by atoms with van der Waals surface area (Å²) in [6, 6.07) is 9.20. The van der Waals surface area contributed by atoms with Crippen molar-refractivity contribution in [1.29, 1.82) is 0 Å². The monoisotopic (exact) mass is 401 g/mol. The zero-order valence-corrected chi connectivity index (χ0v) is 15.3. The summed E-state index contributed by atoms with van der Waals surface area (Å²) in [7, 11) is 1.41. The first-order valence-electron chi connectivity index (χ1n) is 8.21. The molecule has 0 radical (unpaired) electrons. The predicted molar refractivity (Wildman–Crippen MR) is 100 cm³/mol. The predicted octanol–water partition coefficient (Wildman–Crippen LogP) is 4.56. The summed E-state index contributed by atoms with van der Waals surface area (Å²) in [5.74, 6) is -2.54. The third-order valence-corrected chi connectivity index (χ3v) is 5.65. The number of hydrogen-bond acceptors (Lipinski definition) is 4. The summed E-state index contributed by atoms with van der Waals surface area (Å²) in [4.78, 5) is 26.3. The second-order valence-electron chi connectivity index (χ2n) is 6.23. The van der Waals surface area contributed by atoms with Crippen molar-refractivity contribution in [2.75, 3.05) is 11.9 Å². The molecule has 0 atom stereocenters. The first-order chi connectivity index (χ1) is 13.3. The molecule has 0 saturated heterocycles. The van der Waals surface area contributed by atoms with Gasteiger partial charge in [0.25, 0.3) is 5.91 Å². The van der Waals surface area contributed by atoms with Crippen LogP contribution in [0.25, 0.3) is 10.4 Å². The van der Waals surface area contributed by atoms with E-state index in [9.17, 15) is 23.5 Å². The molecule has 8 heteroatoms. The van der Waals surface area contributed by atoms with Crippen molar-refractivity contribution in [3.05, 3.63) is 70.1 Å². The van der Waals surface area contributed by atoms with Crippen LogP contribution in [0.5, 0.6) is 5.75 Å². The summed E-state index contributed by atoms with van der Waals surface area (Å²) in [5, 5.41) is 9.21. The van der Waals surface area contributed by atoms with E-state index < -0.39 is 23.5 Å². The van der Waals surface area contributed by atoms with Gasteiger partial charge in [0.15, 0.2) is 0 Å². The first kappa shape index (κ1) is 18.1. The molecule has 1 N–H and O–H groups in total. The highest BCUT2D eigenvalue weighted by molar-refractivity contribution is 7.17. The van der Waals surface area contributed by atoms with Crippen LogP contribution in [-0.2, 0) is 6.61 Å². The Morgan fingerprint density at radius 3 is 2.64 bits per heavy atom. The second-order valence-corrected chi connectivity index (χ2v) is 7.28. The number of fused-ring (bicyclic) bond motifs is 3. The van der Waals surface area contributed by atoms with Crippen molar-refractivity contribution < 1.29 is 28.2 Å². The molecule has 28 heavy (non-hydrogen) atoms. The van der Waals surface area contributed by atoms with Crippen LogP contribution >= 0.6 is 11.3 Å². The minimum atomic E-state index is -1.06. The number of amides is 1. The standard InChI is InChI=1S/C20H13F2NO4S/c1-23(15-4-3-12(21)8-14(15)22)19(24)17-7-11-9-27-16-5-2-10(20(25)26)6-13(16)18(11)28-17/h2-8H,9H2,1H3,(H,25,26). The number of hydrogen-bond donors (Lipinski definition) is 1. The highest BCUT2D eigenvalue weighted by Gasteiger charge is 2.26. The van der Waals surface area contributed by atoms with Crippen LogP contribution in [0.4, 0.5) is 14.5 Å². The van der Waals surface area contributed by atoms with Gasteiger partial charge in [-0.15, -0.1) is 11.3 Å². The van der Waals surface area contributed by atoms with E-state index >= 15 is 0 Å². The molecule has 0 spiro atoms. The molecule has 0 fully saturated rings. The molecule has 0 unspecified atom stereocenters. The third-order valence-electron chi connectivity index (χ3n) is 4.45. The summed E-state index contributed by atoms with van der Waals surface area (Å²) in [6.45, 7) is 0.243. The van der Waals surface area contributed by atoms with Crippen molar-refractivity contribution in [3.63, 3.8) is 0 Å². The molecule has 3 aromatic rings. The second kappa shape index (κ2) is 6.72. The number of carboxylic acids is 1. The Bertz CT molecular complexity index is 1130. The fourth-order valence-corrected chi connectivity index (χ4v) is 4.18. The molecule has 1 aliphatic heterocycles. The van der Waals surface area contributed by atoms with Gasteiger partial charge < -0.3 is 14.7 Å². The highest BCUT2D eigenvalue weighted by atomic mass is 32.1. The van der Waals surface area contributed by atoms with Gasteiger partial charge in [-0.3, -0.25) is 4.79 Å². The average Bonchev–Trinajstić information content (AvgIpc) is 3.11. The molecule has 0 aliphatic carbocycles. The van der Waals surface area contributed by atoms with Gasteiger partial charge in [-0.1, -0.05) is 0 Å². The van der Waals surface area contributed by atoms with Crippen LogP contribution in [0.3, 0.4) is 0 Å². The number of benzene rings is 2. The van der Waals surface area contributed by atoms with Crippen molar-refractivity contribution in [2.24, 2.45) is 0 Å². The molecule has 0 saturated carbocycles. The molecule has 1 aromatic heterocycles. The maximum Gasteiger partial charge on any atom is 0.335 e. The van der Waals surface area contributed by atoms with Gasteiger partial charge in [0, 0.05) is 29.1 Å². The zero-order valence-electron chi connectivity index (χ0n) is 14.5. The first-order valence-corrected chi connectivity index (χ1v) is 9.03. The number of nitrogens with zero attached hydrogens (tertiary/aromatic N) is 1. The molecule has 2 aromatic carbocycles. The number of anilines is 1. The van der Waals surface area contributed by atoms with Crippen molar-refractivity contribution in [3.8, 4) is 16.2 Å². The van der Waals surface area contributed by atoms with Gasteiger partial charge in [0.2, 0.25) is 0 Å². The summed E-state index contributed by atoms with van der Waals surface area (Å²) < 4.78 is 32.8. The Kier molecular flexibility index (Phi) is 4.35. The molecule has 2 heterocycles. The molecule has 1 aliphatic rings. The largest absolute Gasteiger partial charge is 0.488 e. The number of carbonyl (C=O) groups excluding carboxylic acids is 1. The van der Waals surface area contributed by atoms with Crippen LogP contribution in [-0.4, -0.2) is 24.0 Å². The number of carbonyl (C=O) groups is 2. The van der Waals surface area contributed by atoms with E-state index in [2.05, 4.69) is 0 Å². The van der Waals surface area contributed by atoms with E-state index in [0.717, 1.165) is 27.5 Å².